The molecule has 0 fully saturated rings. The van der Waals surface area contributed by atoms with Gasteiger partial charge in [-0.15, -0.1) is 0 Å². The van der Waals surface area contributed by atoms with E-state index in [2.05, 4.69) is 5.32 Å². The van der Waals surface area contributed by atoms with Crippen LogP contribution >= 0.6 is 23.2 Å². The first-order valence-electron chi connectivity index (χ1n) is 10.2. The highest BCUT2D eigenvalue weighted by atomic mass is 35.5. The number of nitrogens with zero attached hydrogens (tertiary/aromatic N) is 1. The summed E-state index contributed by atoms with van der Waals surface area (Å²) in [5.74, 6) is -1.29. The van der Waals surface area contributed by atoms with Crippen LogP contribution in [0, 0.1) is 11.3 Å². The van der Waals surface area contributed by atoms with E-state index in [1.54, 1.807) is 24.3 Å². The monoisotopic (exact) mass is 494 g/mol. The molecule has 0 aliphatic heterocycles. The molecular formula is C26H20Cl2N2O4. The molecule has 0 spiro atoms. The largest absolute Gasteiger partial charge is 0.486 e. The van der Waals surface area contributed by atoms with Gasteiger partial charge in [-0.3, -0.25) is 4.79 Å². The quantitative estimate of drug-likeness (QED) is 0.293. The van der Waals surface area contributed by atoms with Gasteiger partial charge in [0.15, 0.2) is 5.75 Å². The topological polar surface area (TPSA) is 99.4 Å². The van der Waals surface area contributed by atoms with Crippen molar-refractivity contribution in [2.24, 2.45) is 0 Å². The molecule has 3 aromatic carbocycles. The van der Waals surface area contributed by atoms with Crippen LogP contribution in [0.25, 0.3) is 6.08 Å². The zero-order chi connectivity index (χ0) is 24.7. The number of aromatic carboxylic acids is 1. The van der Waals surface area contributed by atoms with E-state index in [0.29, 0.717) is 5.56 Å². The maximum absolute atomic E-state index is 12.6. The molecule has 0 aliphatic carbocycles. The van der Waals surface area contributed by atoms with Crippen molar-refractivity contribution in [3.63, 3.8) is 0 Å². The van der Waals surface area contributed by atoms with Gasteiger partial charge >= 0.3 is 5.97 Å². The molecule has 3 rings (SSSR count). The molecule has 8 heteroatoms. The molecule has 0 aromatic heterocycles. The summed E-state index contributed by atoms with van der Waals surface area (Å²) in [6, 6.07) is 20.3. The zero-order valence-electron chi connectivity index (χ0n) is 18.1. The van der Waals surface area contributed by atoms with E-state index < -0.39 is 11.9 Å². The van der Waals surface area contributed by atoms with Gasteiger partial charge < -0.3 is 15.2 Å². The fourth-order valence-corrected chi connectivity index (χ4v) is 3.73. The van der Waals surface area contributed by atoms with E-state index in [0.717, 1.165) is 11.1 Å². The Kier molecular flexibility index (Phi) is 8.31. The van der Waals surface area contributed by atoms with Gasteiger partial charge in [0.1, 0.15) is 18.2 Å². The van der Waals surface area contributed by atoms with E-state index in [-0.39, 0.29) is 39.6 Å². The fraction of sp³-hybridized carbons (Fsp3) is 0.115. The van der Waals surface area contributed by atoms with Gasteiger partial charge in [-0.1, -0.05) is 65.7 Å². The van der Waals surface area contributed by atoms with Crippen molar-refractivity contribution in [3.05, 3.63) is 105 Å². The molecule has 0 heterocycles. The molecule has 1 atom stereocenters. The lowest BCUT2D eigenvalue weighted by atomic mass is 10.1. The molecule has 0 saturated carbocycles. The van der Waals surface area contributed by atoms with Crippen molar-refractivity contribution in [1.29, 1.82) is 5.26 Å². The summed E-state index contributed by atoms with van der Waals surface area (Å²) in [6.07, 6.45) is 1.40. The predicted octanol–water partition coefficient (Wildman–Crippen LogP) is 6.05. The smallest absolute Gasteiger partial charge is 0.335 e. The number of hydrogen-bond donors (Lipinski definition) is 2. The molecule has 0 radical (unpaired) electrons. The molecule has 3 aromatic rings. The number of ether oxygens (including phenoxy) is 1. The summed E-state index contributed by atoms with van der Waals surface area (Å²) in [5.41, 5.74) is 2.19. The average Bonchev–Trinajstić information content (AvgIpc) is 2.82. The van der Waals surface area contributed by atoms with E-state index in [4.69, 9.17) is 33.0 Å². The molecule has 0 aliphatic rings. The van der Waals surface area contributed by atoms with Crippen molar-refractivity contribution in [2.45, 2.75) is 19.6 Å². The van der Waals surface area contributed by atoms with Crippen LogP contribution in [0.2, 0.25) is 10.0 Å². The summed E-state index contributed by atoms with van der Waals surface area (Å²) in [7, 11) is 0. The van der Waals surface area contributed by atoms with Crippen LogP contribution in [0.15, 0.2) is 72.3 Å². The Morgan fingerprint density at radius 1 is 1.09 bits per heavy atom. The molecule has 6 nitrogen and oxygen atoms in total. The predicted molar refractivity (Wildman–Crippen MR) is 131 cm³/mol. The van der Waals surface area contributed by atoms with Gasteiger partial charge in [0.2, 0.25) is 0 Å². The van der Waals surface area contributed by atoms with Crippen molar-refractivity contribution >= 4 is 41.2 Å². The Labute approximate surface area is 207 Å². The minimum absolute atomic E-state index is 0.0953. The lowest BCUT2D eigenvalue weighted by Crippen LogP contribution is -2.27. The first-order chi connectivity index (χ1) is 16.3. The highest BCUT2D eigenvalue weighted by Crippen LogP contribution is 2.35. The summed E-state index contributed by atoms with van der Waals surface area (Å²) < 4.78 is 5.71. The summed E-state index contributed by atoms with van der Waals surface area (Å²) in [5, 5.41) is 21.7. The van der Waals surface area contributed by atoms with Crippen LogP contribution < -0.4 is 10.1 Å². The van der Waals surface area contributed by atoms with Gasteiger partial charge in [0.25, 0.3) is 5.91 Å². The third-order valence-electron chi connectivity index (χ3n) is 4.93. The third-order valence-corrected chi connectivity index (χ3v) is 5.49. The third kappa shape index (κ3) is 6.38. The van der Waals surface area contributed by atoms with Gasteiger partial charge in [-0.25, -0.2) is 4.79 Å². The highest BCUT2D eigenvalue weighted by Gasteiger charge is 2.15. The van der Waals surface area contributed by atoms with Crippen molar-refractivity contribution in [1.82, 2.24) is 5.32 Å². The number of hydrogen-bond acceptors (Lipinski definition) is 4. The van der Waals surface area contributed by atoms with E-state index in [1.165, 1.54) is 18.2 Å². The second kappa shape index (κ2) is 11.4. The van der Waals surface area contributed by atoms with Crippen LogP contribution in [0.4, 0.5) is 0 Å². The van der Waals surface area contributed by atoms with Gasteiger partial charge in [0, 0.05) is 0 Å². The number of nitrogens with one attached hydrogen (secondary N) is 1. The van der Waals surface area contributed by atoms with Crippen molar-refractivity contribution in [3.8, 4) is 11.8 Å². The Morgan fingerprint density at radius 2 is 1.71 bits per heavy atom. The maximum Gasteiger partial charge on any atom is 0.335 e. The molecule has 0 saturated heterocycles. The number of carboxylic acid groups (broad SMARTS) is 1. The Balaban J connectivity index is 1.72. The summed E-state index contributed by atoms with van der Waals surface area (Å²) >= 11 is 12.7. The van der Waals surface area contributed by atoms with Gasteiger partial charge in [-0.05, 0) is 54.0 Å². The zero-order valence-corrected chi connectivity index (χ0v) is 19.6. The van der Waals surface area contributed by atoms with Crippen molar-refractivity contribution in [2.75, 3.05) is 0 Å². The number of carboxylic acids is 1. The highest BCUT2D eigenvalue weighted by molar-refractivity contribution is 6.37. The van der Waals surface area contributed by atoms with Crippen LogP contribution in [-0.4, -0.2) is 17.0 Å². The summed E-state index contributed by atoms with van der Waals surface area (Å²) in [6.45, 7) is 1.95. The first kappa shape index (κ1) is 24.8. The number of halogens is 2. The van der Waals surface area contributed by atoms with E-state index in [1.807, 2.05) is 43.3 Å². The Morgan fingerprint density at radius 3 is 2.26 bits per heavy atom. The molecule has 34 heavy (non-hydrogen) atoms. The minimum atomic E-state index is -1.01. The average molecular weight is 495 g/mol. The molecule has 2 N–H and O–H groups in total. The van der Waals surface area contributed by atoms with Gasteiger partial charge in [0.05, 0.1) is 21.7 Å². The number of carbonyl (C=O) groups excluding carboxylic acids is 1. The molecule has 172 valence electrons. The van der Waals surface area contributed by atoms with E-state index >= 15 is 0 Å². The van der Waals surface area contributed by atoms with Crippen LogP contribution in [0.3, 0.4) is 0 Å². The lowest BCUT2D eigenvalue weighted by molar-refractivity contribution is -0.117. The van der Waals surface area contributed by atoms with Crippen LogP contribution in [0.5, 0.6) is 5.75 Å². The first-order valence-corrected chi connectivity index (χ1v) is 11.0. The summed E-state index contributed by atoms with van der Waals surface area (Å²) in [4.78, 5) is 23.5. The number of amides is 1. The van der Waals surface area contributed by atoms with Crippen LogP contribution in [0.1, 0.15) is 40.0 Å². The minimum Gasteiger partial charge on any atom is -0.486 e. The van der Waals surface area contributed by atoms with E-state index in [9.17, 15) is 14.9 Å². The number of carbonyl (C=O) groups is 2. The lowest BCUT2D eigenvalue weighted by Gasteiger charge is -2.14. The Bertz CT molecular complexity index is 1240. The normalized spacial score (nSPS) is 11.9. The molecule has 0 bridgehead atoms. The van der Waals surface area contributed by atoms with Crippen LogP contribution in [-0.2, 0) is 11.4 Å². The second-order valence-corrected chi connectivity index (χ2v) is 8.19. The second-order valence-electron chi connectivity index (χ2n) is 7.38. The maximum atomic E-state index is 12.6. The number of nitriles is 1. The SMILES string of the molecule is C[C@@H](NC(=O)/C(C#N)=C\c1cc(Cl)c(OCc2ccc(C(=O)O)cc2)c(Cl)c1)c1ccccc1. The molecular weight excluding hydrogens is 475 g/mol. The molecule has 1 amide bonds. The Hall–Kier alpha value is -3.79. The van der Waals surface area contributed by atoms with Gasteiger partial charge in [-0.2, -0.15) is 5.26 Å². The number of rotatable bonds is 8. The fourth-order valence-electron chi connectivity index (χ4n) is 3.11. The molecule has 0 unspecified atom stereocenters. The van der Waals surface area contributed by atoms with Crippen molar-refractivity contribution < 1.29 is 19.4 Å². The standard InChI is InChI=1S/C26H20Cl2N2O4/c1-16(19-5-3-2-4-6-19)30-25(31)21(14-29)11-18-12-22(27)24(23(28)13-18)34-15-17-7-9-20(10-8-17)26(32)33/h2-13,16H,15H2,1H3,(H,30,31)(H,32,33)/b21-11-/t16-/m1/s1. The number of benzene rings is 3.